The number of hydrogen-bond donors (Lipinski definition) is 0. The number of Topliss-reactive ketones (excluding diaryl/α,β-unsaturated/α-hetero) is 1. The SMILES string of the molecule is CC(=O)c1cccc(-c2ccc(S(=O)(=O)N(C)C)cc2)c1. The third kappa shape index (κ3) is 3.20. The molecule has 0 aliphatic rings. The molecule has 4 nitrogen and oxygen atoms in total. The molecule has 0 aromatic heterocycles. The van der Waals surface area contributed by atoms with Gasteiger partial charge in [0.1, 0.15) is 0 Å². The fraction of sp³-hybridized carbons (Fsp3) is 0.188. The third-order valence-corrected chi connectivity index (χ3v) is 5.06. The quantitative estimate of drug-likeness (QED) is 0.816. The largest absolute Gasteiger partial charge is 0.295 e. The first kappa shape index (κ1) is 15.4. The van der Waals surface area contributed by atoms with Crippen molar-refractivity contribution in [1.82, 2.24) is 4.31 Å². The summed E-state index contributed by atoms with van der Waals surface area (Å²) in [5.74, 6) is 0.00338. The second-order valence-corrected chi connectivity index (χ2v) is 7.10. The van der Waals surface area contributed by atoms with Crippen LogP contribution in [-0.2, 0) is 10.0 Å². The summed E-state index contributed by atoms with van der Waals surface area (Å²) < 4.78 is 25.2. The molecule has 2 aromatic carbocycles. The molecule has 0 radical (unpaired) electrons. The van der Waals surface area contributed by atoms with E-state index in [1.165, 1.54) is 25.3 Å². The molecule has 2 aromatic rings. The fourth-order valence-corrected chi connectivity index (χ4v) is 2.85. The average Bonchev–Trinajstić information content (AvgIpc) is 2.47. The van der Waals surface area contributed by atoms with Crippen molar-refractivity contribution >= 4 is 15.8 Å². The van der Waals surface area contributed by atoms with E-state index >= 15 is 0 Å². The molecule has 0 amide bonds. The van der Waals surface area contributed by atoms with Crippen molar-refractivity contribution in [2.45, 2.75) is 11.8 Å². The molecule has 0 spiro atoms. The number of carbonyl (C=O) groups is 1. The molecule has 21 heavy (non-hydrogen) atoms. The highest BCUT2D eigenvalue weighted by atomic mass is 32.2. The van der Waals surface area contributed by atoms with E-state index in [0.29, 0.717) is 5.56 Å². The smallest absolute Gasteiger partial charge is 0.242 e. The summed E-state index contributed by atoms with van der Waals surface area (Å²) in [6.45, 7) is 1.52. The summed E-state index contributed by atoms with van der Waals surface area (Å²) in [7, 11) is -0.419. The van der Waals surface area contributed by atoms with Gasteiger partial charge in [-0.2, -0.15) is 0 Å². The molecule has 0 bridgehead atoms. The van der Waals surface area contributed by atoms with Crippen LogP contribution in [0.5, 0.6) is 0 Å². The molecule has 0 fully saturated rings. The monoisotopic (exact) mass is 303 g/mol. The highest BCUT2D eigenvalue weighted by molar-refractivity contribution is 7.89. The van der Waals surface area contributed by atoms with Gasteiger partial charge in [-0.15, -0.1) is 0 Å². The minimum atomic E-state index is -3.42. The Morgan fingerprint density at radius 2 is 1.57 bits per heavy atom. The minimum absolute atomic E-state index is 0.00338. The van der Waals surface area contributed by atoms with Crippen LogP contribution >= 0.6 is 0 Å². The van der Waals surface area contributed by atoms with Crippen LogP contribution in [0.1, 0.15) is 17.3 Å². The molecule has 0 N–H and O–H groups in total. The van der Waals surface area contributed by atoms with E-state index < -0.39 is 10.0 Å². The first-order valence-electron chi connectivity index (χ1n) is 6.46. The molecule has 0 saturated carbocycles. The maximum atomic E-state index is 12.0. The maximum absolute atomic E-state index is 12.0. The van der Waals surface area contributed by atoms with Gasteiger partial charge < -0.3 is 0 Å². The van der Waals surface area contributed by atoms with Crippen LogP contribution in [0, 0.1) is 0 Å². The molecular weight excluding hydrogens is 286 g/mol. The predicted octanol–water partition coefficient (Wildman–Crippen LogP) is 2.81. The first-order valence-corrected chi connectivity index (χ1v) is 7.90. The number of rotatable bonds is 4. The van der Waals surface area contributed by atoms with E-state index in [4.69, 9.17) is 0 Å². The number of sulfonamides is 1. The summed E-state index contributed by atoms with van der Waals surface area (Å²) in [6, 6.07) is 13.9. The standard InChI is InChI=1S/C16H17NO3S/c1-12(18)14-5-4-6-15(11-14)13-7-9-16(10-8-13)21(19,20)17(2)3/h4-11H,1-3H3. The summed E-state index contributed by atoms with van der Waals surface area (Å²) in [4.78, 5) is 11.7. The molecule has 0 aliphatic heterocycles. The highest BCUT2D eigenvalue weighted by Crippen LogP contribution is 2.23. The Morgan fingerprint density at radius 3 is 2.10 bits per heavy atom. The van der Waals surface area contributed by atoms with Gasteiger partial charge in [0.2, 0.25) is 10.0 Å². The number of ketones is 1. The Balaban J connectivity index is 2.40. The summed E-state index contributed by atoms with van der Waals surface area (Å²) >= 11 is 0. The Bertz CT molecular complexity index is 762. The molecule has 0 atom stereocenters. The number of nitrogens with zero attached hydrogens (tertiary/aromatic N) is 1. The van der Waals surface area contributed by atoms with E-state index in [-0.39, 0.29) is 10.7 Å². The zero-order valence-electron chi connectivity index (χ0n) is 12.2. The van der Waals surface area contributed by atoms with Gasteiger partial charge in [-0.05, 0) is 36.2 Å². The zero-order chi connectivity index (χ0) is 15.6. The van der Waals surface area contributed by atoms with Crippen molar-refractivity contribution in [2.75, 3.05) is 14.1 Å². The zero-order valence-corrected chi connectivity index (χ0v) is 13.0. The van der Waals surface area contributed by atoms with Crippen molar-refractivity contribution in [3.63, 3.8) is 0 Å². The Kier molecular flexibility index (Phi) is 4.25. The van der Waals surface area contributed by atoms with Crippen molar-refractivity contribution in [2.24, 2.45) is 0 Å². The highest BCUT2D eigenvalue weighted by Gasteiger charge is 2.16. The van der Waals surface area contributed by atoms with E-state index in [2.05, 4.69) is 0 Å². The normalized spacial score (nSPS) is 11.6. The Labute approximate surface area is 125 Å². The number of carbonyl (C=O) groups excluding carboxylic acids is 1. The average molecular weight is 303 g/mol. The molecule has 0 saturated heterocycles. The van der Waals surface area contributed by atoms with Crippen LogP contribution in [0.3, 0.4) is 0 Å². The summed E-state index contributed by atoms with van der Waals surface area (Å²) in [6.07, 6.45) is 0. The van der Waals surface area contributed by atoms with E-state index in [9.17, 15) is 13.2 Å². The predicted molar refractivity (Wildman–Crippen MR) is 82.8 cm³/mol. The van der Waals surface area contributed by atoms with Gasteiger partial charge in [0.05, 0.1) is 4.90 Å². The summed E-state index contributed by atoms with van der Waals surface area (Å²) in [5, 5.41) is 0. The lowest BCUT2D eigenvalue weighted by atomic mass is 10.0. The lowest BCUT2D eigenvalue weighted by Gasteiger charge is -2.11. The Hall–Kier alpha value is -1.98. The minimum Gasteiger partial charge on any atom is -0.295 e. The van der Waals surface area contributed by atoms with Gasteiger partial charge in [0.15, 0.2) is 5.78 Å². The molecule has 2 rings (SSSR count). The fourth-order valence-electron chi connectivity index (χ4n) is 1.95. The number of benzene rings is 2. The van der Waals surface area contributed by atoms with E-state index in [1.807, 2.05) is 12.1 Å². The van der Waals surface area contributed by atoms with Gasteiger partial charge in [-0.25, -0.2) is 12.7 Å². The second kappa shape index (κ2) is 5.79. The van der Waals surface area contributed by atoms with Gasteiger partial charge in [0, 0.05) is 19.7 Å². The molecule has 0 unspecified atom stereocenters. The number of hydrogen-bond acceptors (Lipinski definition) is 3. The molecular formula is C16H17NO3S. The lowest BCUT2D eigenvalue weighted by Crippen LogP contribution is -2.22. The van der Waals surface area contributed by atoms with Gasteiger partial charge in [0.25, 0.3) is 0 Å². The van der Waals surface area contributed by atoms with Crippen LogP contribution in [0.15, 0.2) is 53.4 Å². The molecule has 0 heterocycles. The van der Waals surface area contributed by atoms with Crippen molar-refractivity contribution in [3.8, 4) is 11.1 Å². The van der Waals surface area contributed by atoms with Gasteiger partial charge in [-0.1, -0.05) is 30.3 Å². The molecule has 110 valence electrons. The van der Waals surface area contributed by atoms with Gasteiger partial charge >= 0.3 is 0 Å². The molecule has 5 heteroatoms. The van der Waals surface area contributed by atoms with Crippen LogP contribution in [0.25, 0.3) is 11.1 Å². The second-order valence-electron chi connectivity index (χ2n) is 4.95. The van der Waals surface area contributed by atoms with E-state index in [0.717, 1.165) is 11.1 Å². The van der Waals surface area contributed by atoms with Crippen LogP contribution in [0.4, 0.5) is 0 Å². The topological polar surface area (TPSA) is 54.5 Å². The van der Waals surface area contributed by atoms with Crippen molar-refractivity contribution in [1.29, 1.82) is 0 Å². The van der Waals surface area contributed by atoms with E-state index in [1.54, 1.807) is 36.4 Å². The Morgan fingerprint density at radius 1 is 0.952 bits per heavy atom. The first-order chi connectivity index (χ1) is 9.82. The van der Waals surface area contributed by atoms with Crippen LogP contribution < -0.4 is 0 Å². The lowest BCUT2D eigenvalue weighted by molar-refractivity contribution is 0.101. The molecule has 0 aliphatic carbocycles. The van der Waals surface area contributed by atoms with Gasteiger partial charge in [-0.3, -0.25) is 4.79 Å². The van der Waals surface area contributed by atoms with Crippen LogP contribution in [0.2, 0.25) is 0 Å². The van der Waals surface area contributed by atoms with Crippen molar-refractivity contribution < 1.29 is 13.2 Å². The summed E-state index contributed by atoms with van der Waals surface area (Å²) in [5.41, 5.74) is 2.39. The maximum Gasteiger partial charge on any atom is 0.242 e. The third-order valence-electron chi connectivity index (χ3n) is 3.24. The van der Waals surface area contributed by atoms with Crippen molar-refractivity contribution in [3.05, 3.63) is 54.1 Å². The van der Waals surface area contributed by atoms with Crippen LogP contribution in [-0.4, -0.2) is 32.6 Å².